The van der Waals surface area contributed by atoms with Crippen molar-refractivity contribution in [2.75, 3.05) is 0 Å². The molecule has 0 amide bonds. The summed E-state index contributed by atoms with van der Waals surface area (Å²) in [6.07, 6.45) is 13.5. The molecule has 3 atom stereocenters. The second-order valence-electron chi connectivity index (χ2n) is 8.76. The number of aliphatic hydroxyl groups is 1. The second kappa shape index (κ2) is 8.00. The number of unbranched alkanes of at least 4 members (excludes halogenated alkanes) is 1. The van der Waals surface area contributed by atoms with E-state index in [1.54, 1.807) is 24.3 Å². The Morgan fingerprint density at radius 3 is 2.41 bits per heavy atom. The van der Waals surface area contributed by atoms with Crippen molar-refractivity contribution >= 4 is 17.3 Å². The van der Waals surface area contributed by atoms with Gasteiger partial charge >= 0.3 is 0 Å². The largest absolute Gasteiger partial charge is 0.507 e. The van der Waals surface area contributed by atoms with Crippen molar-refractivity contribution in [2.45, 2.75) is 70.6 Å². The molecule has 0 heterocycles. The molecule has 3 nitrogen and oxygen atoms in total. The molecule has 0 unspecified atom stereocenters. The Labute approximate surface area is 161 Å². The molecule has 144 valence electrons. The molecule has 0 bridgehead atoms. The summed E-state index contributed by atoms with van der Waals surface area (Å²) in [6, 6.07) is 6.85. The first-order valence-corrected chi connectivity index (χ1v) is 10.8. The zero-order valence-corrected chi connectivity index (χ0v) is 16.1. The van der Waals surface area contributed by atoms with E-state index in [-0.39, 0.29) is 5.76 Å². The number of aliphatic hydroxyl groups excluding tert-OH is 1. The molecule has 1 aromatic carbocycles. The molecule has 0 aromatic heterocycles. The van der Waals surface area contributed by atoms with Crippen LogP contribution in [0.2, 0.25) is 0 Å². The highest BCUT2D eigenvalue weighted by atomic mass is 16.3. The van der Waals surface area contributed by atoms with E-state index in [1.807, 2.05) is 0 Å². The SMILES string of the molecule is O=C1C(=O)c2ccccc2C(O)=C1CCCC[C@H]1CC[C@H]2CCCC[C@@H]2C1. The number of Topliss-reactive ketones (excluding diaryl/α,β-unsaturated/α-hetero) is 2. The van der Waals surface area contributed by atoms with Gasteiger partial charge < -0.3 is 5.11 Å². The van der Waals surface area contributed by atoms with Gasteiger partial charge in [0, 0.05) is 16.7 Å². The number of hydrogen-bond donors (Lipinski definition) is 1. The minimum Gasteiger partial charge on any atom is -0.507 e. The van der Waals surface area contributed by atoms with E-state index in [1.165, 1.54) is 51.4 Å². The van der Waals surface area contributed by atoms with E-state index in [0.29, 0.717) is 23.1 Å². The maximum Gasteiger partial charge on any atom is 0.234 e. The number of fused-ring (bicyclic) bond motifs is 2. The monoisotopic (exact) mass is 366 g/mol. The van der Waals surface area contributed by atoms with Crippen LogP contribution < -0.4 is 0 Å². The summed E-state index contributed by atoms with van der Waals surface area (Å²) in [6.45, 7) is 0. The first-order valence-electron chi connectivity index (χ1n) is 10.8. The van der Waals surface area contributed by atoms with Crippen molar-refractivity contribution < 1.29 is 14.7 Å². The molecule has 1 N–H and O–H groups in total. The van der Waals surface area contributed by atoms with Crippen LogP contribution in [0.3, 0.4) is 0 Å². The predicted molar refractivity (Wildman–Crippen MR) is 107 cm³/mol. The molecule has 2 fully saturated rings. The number of carbonyl (C=O) groups is 2. The van der Waals surface area contributed by atoms with Gasteiger partial charge in [0.1, 0.15) is 5.76 Å². The molecular weight excluding hydrogens is 336 g/mol. The van der Waals surface area contributed by atoms with Crippen molar-refractivity contribution in [1.82, 2.24) is 0 Å². The second-order valence-corrected chi connectivity index (χ2v) is 8.76. The number of carbonyl (C=O) groups excluding carboxylic acids is 2. The summed E-state index contributed by atoms with van der Waals surface area (Å²) in [5.74, 6) is 1.79. The summed E-state index contributed by atoms with van der Waals surface area (Å²) in [7, 11) is 0. The first-order chi connectivity index (χ1) is 13.1. The van der Waals surface area contributed by atoms with Crippen molar-refractivity contribution in [2.24, 2.45) is 17.8 Å². The van der Waals surface area contributed by atoms with Crippen LogP contribution in [-0.2, 0) is 4.79 Å². The average Bonchev–Trinajstić information content (AvgIpc) is 2.71. The number of allylic oxidation sites excluding steroid dienone is 1. The van der Waals surface area contributed by atoms with Crippen LogP contribution in [0.1, 0.15) is 86.6 Å². The smallest absolute Gasteiger partial charge is 0.234 e. The lowest BCUT2D eigenvalue weighted by Crippen LogP contribution is -2.27. The van der Waals surface area contributed by atoms with Gasteiger partial charge in [0.05, 0.1) is 0 Å². The summed E-state index contributed by atoms with van der Waals surface area (Å²) in [5.41, 5.74) is 1.15. The number of ketones is 2. The minimum atomic E-state index is -0.520. The summed E-state index contributed by atoms with van der Waals surface area (Å²) < 4.78 is 0. The Balaban J connectivity index is 1.31. The maximum absolute atomic E-state index is 12.4. The fourth-order valence-corrected chi connectivity index (χ4v) is 5.62. The van der Waals surface area contributed by atoms with E-state index in [9.17, 15) is 14.7 Å². The quantitative estimate of drug-likeness (QED) is 0.522. The van der Waals surface area contributed by atoms with Gasteiger partial charge in [-0.05, 0) is 43.4 Å². The Bertz CT molecular complexity index is 761. The van der Waals surface area contributed by atoms with Crippen LogP contribution in [0.4, 0.5) is 0 Å². The van der Waals surface area contributed by atoms with Crippen LogP contribution >= 0.6 is 0 Å². The van der Waals surface area contributed by atoms with Crippen LogP contribution in [0.25, 0.3) is 5.76 Å². The van der Waals surface area contributed by atoms with Gasteiger partial charge in [-0.25, -0.2) is 0 Å². The Kier molecular flexibility index (Phi) is 5.47. The van der Waals surface area contributed by atoms with Gasteiger partial charge in [0.15, 0.2) is 0 Å². The summed E-state index contributed by atoms with van der Waals surface area (Å²) >= 11 is 0. The minimum absolute atomic E-state index is 0.0120. The highest BCUT2D eigenvalue weighted by molar-refractivity contribution is 6.52. The summed E-state index contributed by atoms with van der Waals surface area (Å²) in [4.78, 5) is 24.7. The first kappa shape index (κ1) is 18.5. The average molecular weight is 367 g/mol. The Morgan fingerprint density at radius 2 is 1.59 bits per heavy atom. The van der Waals surface area contributed by atoms with Crippen molar-refractivity contribution in [3.8, 4) is 0 Å². The Hall–Kier alpha value is -1.90. The highest BCUT2D eigenvalue weighted by Crippen LogP contribution is 2.44. The molecule has 0 spiro atoms. The molecule has 4 rings (SSSR count). The van der Waals surface area contributed by atoms with E-state index in [0.717, 1.165) is 30.6 Å². The number of hydrogen-bond acceptors (Lipinski definition) is 3. The number of benzene rings is 1. The maximum atomic E-state index is 12.4. The molecule has 1 aromatic rings. The van der Waals surface area contributed by atoms with Crippen molar-refractivity contribution in [3.63, 3.8) is 0 Å². The zero-order chi connectivity index (χ0) is 18.8. The fraction of sp³-hybridized carbons (Fsp3) is 0.583. The van der Waals surface area contributed by atoms with Gasteiger partial charge in [-0.3, -0.25) is 9.59 Å². The van der Waals surface area contributed by atoms with Crippen LogP contribution in [-0.4, -0.2) is 16.7 Å². The van der Waals surface area contributed by atoms with Crippen LogP contribution in [0, 0.1) is 17.8 Å². The molecular formula is C24H30O3. The van der Waals surface area contributed by atoms with Crippen molar-refractivity contribution in [1.29, 1.82) is 0 Å². The topological polar surface area (TPSA) is 54.4 Å². The molecule has 0 radical (unpaired) electrons. The fourth-order valence-electron chi connectivity index (χ4n) is 5.62. The van der Waals surface area contributed by atoms with E-state index in [2.05, 4.69) is 0 Å². The van der Waals surface area contributed by atoms with Gasteiger partial charge in [-0.2, -0.15) is 0 Å². The number of rotatable bonds is 5. The lowest BCUT2D eigenvalue weighted by atomic mass is 9.67. The van der Waals surface area contributed by atoms with E-state index in [4.69, 9.17) is 0 Å². The van der Waals surface area contributed by atoms with Crippen LogP contribution in [0.5, 0.6) is 0 Å². The molecule has 3 aliphatic carbocycles. The van der Waals surface area contributed by atoms with Crippen LogP contribution in [0.15, 0.2) is 29.8 Å². The molecule has 3 aliphatic rings. The molecule has 27 heavy (non-hydrogen) atoms. The van der Waals surface area contributed by atoms with Gasteiger partial charge in [0.25, 0.3) is 0 Å². The lowest BCUT2D eigenvalue weighted by Gasteiger charge is -2.39. The van der Waals surface area contributed by atoms with Gasteiger partial charge in [-0.1, -0.05) is 69.2 Å². The predicted octanol–water partition coefficient (Wildman–Crippen LogP) is 5.89. The third-order valence-corrected chi connectivity index (χ3v) is 7.13. The normalized spacial score (nSPS) is 28.1. The van der Waals surface area contributed by atoms with Crippen molar-refractivity contribution in [3.05, 3.63) is 41.0 Å². The third-order valence-electron chi connectivity index (χ3n) is 7.13. The summed E-state index contributed by atoms with van der Waals surface area (Å²) in [5, 5.41) is 10.5. The Morgan fingerprint density at radius 1 is 0.852 bits per heavy atom. The van der Waals surface area contributed by atoms with Gasteiger partial charge in [-0.15, -0.1) is 0 Å². The van der Waals surface area contributed by atoms with Gasteiger partial charge in [0.2, 0.25) is 11.6 Å². The standard InChI is InChI=1S/C24H30O3/c25-22-19-10-5-6-11-20(19)23(26)24(27)21(22)12-4-1-7-16-13-14-17-8-2-3-9-18(17)15-16/h5-6,10-11,16-18,25H,1-4,7-9,12-15H2/t16-,17+,18+/m0/s1. The molecule has 0 saturated heterocycles. The lowest BCUT2D eigenvalue weighted by molar-refractivity contribution is -0.112. The molecule has 2 saturated carbocycles. The van der Waals surface area contributed by atoms with E-state index >= 15 is 0 Å². The zero-order valence-electron chi connectivity index (χ0n) is 16.1. The van der Waals surface area contributed by atoms with E-state index < -0.39 is 11.6 Å². The third kappa shape index (κ3) is 3.74. The molecule has 3 heteroatoms. The highest BCUT2D eigenvalue weighted by Gasteiger charge is 2.33. The molecule has 0 aliphatic heterocycles.